The van der Waals surface area contributed by atoms with Gasteiger partial charge < -0.3 is 9.64 Å². The third-order valence-electron chi connectivity index (χ3n) is 2.55. The fraction of sp³-hybridized carbons (Fsp3) is 0.417. The van der Waals surface area contributed by atoms with Gasteiger partial charge in [0.2, 0.25) is 0 Å². The lowest BCUT2D eigenvalue weighted by Crippen LogP contribution is -2.33. The summed E-state index contributed by atoms with van der Waals surface area (Å²) in [6.07, 6.45) is -4.57. The standard InChI is InChI=1S/C12H13F3N2O3/c1-7-8(4-5-9(16-7)12(13,14)15)11(19)17(2)6-10(18)20-3/h4-5H,6H2,1-3H3. The van der Waals surface area contributed by atoms with Crippen LogP contribution in [0.25, 0.3) is 0 Å². The van der Waals surface area contributed by atoms with Crippen LogP contribution in [0.2, 0.25) is 0 Å². The van der Waals surface area contributed by atoms with Gasteiger partial charge in [0.1, 0.15) is 12.2 Å². The minimum absolute atomic E-state index is 0.00408. The molecule has 0 radical (unpaired) electrons. The topological polar surface area (TPSA) is 59.5 Å². The zero-order valence-electron chi connectivity index (χ0n) is 11.1. The van der Waals surface area contributed by atoms with E-state index in [9.17, 15) is 22.8 Å². The van der Waals surface area contributed by atoms with Crippen LogP contribution in [0, 0.1) is 6.92 Å². The third-order valence-corrected chi connectivity index (χ3v) is 2.55. The van der Waals surface area contributed by atoms with Crippen molar-refractivity contribution in [1.82, 2.24) is 9.88 Å². The first-order chi connectivity index (χ1) is 9.16. The second-order valence-corrected chi connectivity index (χ2v) is 4.06. The predicted octanol–water partition coefficient (Wildman–Crippen LogP) is 1.65. The molecule has 5 nitrogen and oxygen atoms in total. The van der Waals surface area contributed by atoms with Crippen LogP contribution in [0.4, 0.5) is 13.2 Å². The minimum Gasteiger partial charge on any atom is -0.468 e. The van der Waals surface area contributed by atoms with E-state index in [1.54, 1.807) is 0 Å². The number of carbonyl (C=O) groups excluding carboxylic acids is 2. The molecule has 0 spiro atoms. The highest BCUT2D eigenvalue weighted by molar-refractivity contribution is 5.96. The maximum Gasteiger partial charge on any atom is 0.433 e. The molecule has 0 saturated carbocycles. The number of methoxy groups -OCH3 is 1. The van der Waals surface area contributed by atoms with Crippen LogP contribution in [0.3, 0.4) is 0 Å². The molecule has 0 aliphatic rings. The summed E-state index contributed by atoms with van der Waals surface area (Å²) in [4.78, 5) is 27.4. The Kier molecular flexibility index (Phi) is 4.69. The fourth-order valence-corrected chi connectivity index (χ4v) is 1.48. The lowest BCUT2D eigenvalue weighted by molar-refractivity contribution is -0.141. The van der Waals surface area contributed by atoms with Gasteiger partial charge in [0.25, 0.3) is 5.91 Å². The number of hydrogen-bond acceptors (Lipinski definition) is 4. The number of esters is 1. The number of carbonyl (C=O) groups is 2. The highest BCUT2D eigenvalue weighted by Crippen LogP contribution is 2.28. The maximum absolute atomic E-state index is 12.5. The van der Waals surface area contributed by atoms with Gasteiger partial charge in [0.15, 0.2) is 0 Å². The van der Waals surface area contributed by atoms with Crippen LogP contribution in [0.5, 0.6) is 0 Å². The van der Waals surface area contributed by atoms with Crippen molar-refractivity contribution in [3.63, 3.8) is 0 Å². The van der Waals surface area contributed by atoms with Crippen LogP contribution in [0.1, 0.15) is 21.7 Å². The molecule has 0 atom stereocenters. The molecule has 1 heterocycles. The molecule has 20 heavy (non-hydrogen) atoms. The first kappa shape index (κ1) is 15.9. The van der Waals surface area contributed by atoms with Crippen molar-refractivity contribution in [2.45, 2.75) is 13.1 Å². The number of likely N-dealkylation sites (N-methyl/N-ethyl adjacent to an activating group) is 1. The van der Waals surface area contributed by atoms with E-state index in [0.717, 1.165) is 17.0 Å². The van der Waals surface area contributed by atoms with E-state index in [-0.39, 0.29) is 17.8 Å². The summed E-state index contributed by atoms with van der Waals surface area (Å²) in [5.74, 6) is -1.23. The van der Waals surface area contributed by atoms with Crippen LogP contribution >= 0.6 is 0 Å². The summed E-state index contributed by atoms with van der Waals surface area (Å²) in [5.41, 5.74) is -1.12. The number of aromatic nitrogens is 1. The molecular weight excluding hydrogens is 277 g/mol. The van der Waals surface area contributed by atoms with Gasteiger partial charge in [-0.05, 0) is 19.1 Å². The fourth-order valence-electron chi connectivity index (χ4n) is 1.48. The Bertz CT molecular complexity index is 529. The average Bonchev–Trinajstić information content (AvgIpc) is 2.36. The number of nitrogens with zero attached hydrogens (tertiary/aromatic N) is 2. The molecule has 0 aliphatic heterocycles. The molecule has 1 aromatic rings. The molecular formula is C12H13F3N2O3. The van der Waals surface area contributed by atoms with Gasteiger partial charge >= 0.3 is 12.1 Å². The van der Waals surface area contributed by atoms with E-state index in [2.05, 4.69) is 9.72 Å². The Morgan fingerprint density at radius 1 is 1.35 bits per heavy atom. The van der Waals surface area contributed by atoms with Gasteiger partial charge in [0, 0.05) is 7.05 Å². The van der Waals surface area contributed by atoms with Crippen LogP contribution in [0.15, 0.2) is 12.1 Å². The van der Waals surface area contributed by atoms with E-state index < -0.39 is 23.7 Å². The average molecular weight is 290 g/mol. The van der Waals surface area contributed by atoms with Gasteiger partial charge in [-0.3, -0.25) is 9.59 Å². The summed E-state index contributed by atoms with van der Waals surface area (Å²) in [6, 6.07) is 1.77. The second kappa shape index (κ2) is 5.89. The van der Waals surface area contributed by atoms with E-state index in [1.807, 2.05) is 0 Å². The summed E-state index contributed by atoms with van der Waals surface area (Å²) in [6.45, 7) is 1.00. The van der Waals surface area contributed by atoms with Gasteiger partial charge in [0.05, 0.1) is 18.4 Å². The normalized spacial score (nSPS) is 11.1. The molecule has 0 aliphatic carbocycles. The van der Waals surface area contributed by atoms with Crippen LogP contribution in [-0.2, 0) is 15.7 Å². The third kappa shape index (κ3) is 3.69. The number of amides is 1. The summed E-state index contributed by atoms with van der Waals surface area (Å²) in [7, 11) is 2.52. The first-order valence-electron chi connectivity index (χ1n) is 5.54. The van der Waals surface area contributed by atoms with Crippen molar-refractivity contribution < 1.29 is 27.5 Å². The number of halogens is 3. The Morgan fingerprint density at radius 2 is 1.95 bits per heavy atom. The summed E-state index contributed by atoms with van der Waals surface area (Å²) in [5, 5.41) is 0. The van der Waals surface area contributed by atoms with E-state index >= 15 is 0 Å². The van der Waals surface area contributed by atoms with E-state index in [1.165, 1.54) is 21.1 Å². The zero-order valence-corrected chi connectivity index (χ0v) is 11.1. The Labute approximate surface area is 113 Å². The maximum atomic E-state index is 12.5. The number of aryl methyl sites for hydroxylation is 1. The number of hydrogen-bond donors (Lipinski definition) is 0. The number of alkyl halides is 3. The Morgan fingerprint density at radius 3 is 2.40 bits per heavy atom. The molecule has 0 unspecified atom stereocenters. The second-order valence-electron chi connectivity index (χ2n) is 4.06. The smallest absolute Gasteiger partial charge is 0.433 e. The van der Waals surface area contributed by atoms with Crippen LogP contribution < -0.4 is 0 Å². The summed E-state index contributed by atoms with van der Waals surface area (Å²) >= 11 is 0. The van der Waals surface area contributed by atoms with Crippen LogP contribution in [-0.4, -0.2) is 42.5 Å². The molecule has 110 valence electrons. The molecule has 1 rings (SSSR count). The van der Waals surface area contributed by atoms with Crippen molar-refractivity contribution in [3.05, 3.63) is 29.1 Å². The molecule has 0 N–H and O–H groups in total. The largest absolute Gasteiger partial charge is 0.468 e. The molecule has 0 saturated heterocycles. The van der Waals surface area contributed by atoms with E-state index in [0.29, 0.717) is 0 Å². The van der Waals surface area contributed by atoms with Gasteiger partial charge in [-0.2, -0.15) is 13.2 Å². The number of rotatable bonds is 3. The predicted molar refractivity (Wildman–Crippen MR) is 63.0 cm³/mol. The SMILES string of the molecule is COC(=O)CN(C)C(=O)c1ccc(C(F)(F)F)nc1C. The molecule has 1 amide bonds. The highest BCUT2D eigenvalue weighted by atomic mass is 19.4. The van der Waals surface area contributed by atoms with Gasteiger partial charge in [-0.25, -0.2) is 4.98 Å². The number of pyridine rings is 1. The lowest BCUT2D eigenvalue weighted by Gasteiger charge is -2.17. The molecule has 0 aromatic carbocycles. The zero-order chi connectivity index (χ0) is 15.5. The Hall–Kier alpha value is -2.12. The molecule has 0 fully saturated rings. The first-order valence-corrected chi connectivity index (χ1v) is 5.54. The van der Waals surface area contributed by atoms with Crippen molar-refractivity contribution in [1.29, 1.82) is 0 Å². The van der Waals surface area contributed by atoms with Crippen molar-refractivity contribution in [3.8, 4) is 0 Å². The van der Waals surface area contributed by atoms with Gasteiger partial charge in [-0.15, -0.1) is 0 Å². The monoisotopic (exact) mass is 290 g/mol. The molecule has 0 bridgehead atoms. The lowest BCUT2D eigenvalue weighted by atomic mass is 10.1. The Balaban J connectivity index is 2.97. The van der Waals surface area contributed by atoms with Crippen molar-refractivity contribution in [2.24, 2.45) is 0 Å². The quantitative estimate of drug-likeness (QED) is 0.794. The highest BCUT2D eigenvalue weighted by Gasteiger charge is 2.33. The van der Waals surface area contributed by atoms with Gasteiger partial charge in [-0.1, -0.05) is 0 Å². The van der Waals surface area contributed by atoms with Crippen molar-refractivity contribution >= 4 is 11.9 Å². The molecule has 8 heteroatoms. The van der Waals surface area contributed by atoms with E-state index in [4.69, 9.17) is 0 Å². The van der Waals surface area contributed by atoms with Crippen molar-refractivity contribution in [2.75, 3.05) is 20.7 Å². The minimum atomic E-state index is -4.57. The number of ether oxygens (including phenoxy) is 1. The molecule has 1 aromatic heterocycles. The summed E-state index contributed by atoms with van der Waals surface area (Å²) < 4.78 is 41.8.